The summed E-state index contributed by atoms with van der Waals surface area (Å²) < 4.78 is 1.96. The molecule has 0 aliphatic heterocycles. The molecule has 0 saturated heterocycles. The molecule has 0 radical (unpaired) electrons. The molecule has 0 atom stereocenters. The van der Waals surface area contributed by atoms with Gasteiger partial charge in [0.15, 0.2) is 0 Å². The second kappa shape index (κ2) is 9.35. The standard InChI is InChI=1S/C14H23N3O2/c1-17-12-6-7-13(17)8-9-14(18)15-10-4-2-3-5-11-16-19/h6-9,12,16,19H,2-5,10-11H2,1H3,(H,15,18). The predicted octanol–water partition coefficient (Wildman–Crippen LogP) is 1.69. The van der Waals surface area contributed by atoms with Crippen LogP contribution in [0.25, 0.3) is 6.08 Å². The van der Waals surface area contributed by atoms with Crippen molar-refractivity contribution in [3.05, 3.63) is 30.1 Å². The first-order valence-corrected chi connectivity index (χ1v) is 6.68. The number of amides is 1. The number of rotatable bonds is 9. The van der Waals surface area contributed by atoms with Crippen LogP contribution >= 0.6 is 0 Å². The minimum absolute atomic E-state index is 0.0572. The van der Waals surface area contributed by atoms with Crippen LogP contribution in [0, 0.1) is 0 Å². The zero-order valence-corrected chi connectivity index (χ0v) is 11.4. The number of hydrogen-bond acceptors (Lipinski definition) is 3. The highest BCUT2D eigenvalue weighted by Gasteiger charge is 1.96. The maximum absolute atomic E-state index is 11.5. The third-order valence-corrected chi connectivity index (χ3v) is 2.90. The van der Waals surface area contributed by atoms with Gasteiger partial charge in [-0.1, -0.05) is 12.8 Å². The number of nitrogens with zero attached hydrogens (tertiary/aromatic N) is 1. The van der Waals surface area contributed by atoms with Gasteiger partial charge >= 0.3 is 0 Å². The minimum Gasteiger partial charge on any atom is -0.353 e. The number of nitrogens with one attached hydrogen (secondary N) is 2. The second-order valence-electron chi connectivity index (χ2n) is 4.49. The van der Waals surface area contributed by atoms with Crippen molar-refractivity contribution in [3.8, 4) is 0 Å². The molecule has 0 saturated carbocycles. The van der Waals surface area contributed by atoms with Gasteiger partial charge in [-0.2, -0.15) is 0 Å². The first-order chi connectivity index (χ1) is 9.24. The molecule has 1 aromatic rings. The quantitative estimate of drug-likeness (QED) is 0.362. The van der Waals surface area contributed by atoms with E-state index in [-0.39, 0.29) is 5.91 Å². The van der Waals surface area contributed by atoms with Crippen LogP contribution in [0.2, 0.25) is 0 Å². The van der Waals surface area contributed by atoms with Crippen LogP contribution in [-0.2, 0) is 11.8 Å². The van der Waals surface area contributed by atoms with Crippen molar-refractivity contribution in [3.63, 3.8) is 0 Å². The average Bonchev–Trinajstić information content (AvgIpc) is 2.81. The number of aryl methyl sites for hydroxylation is 1. The van der Waals surface area contributed by atoms with Crippen molar-refractivity contribution in [2.24, 2.45) is 7.05 Å². The van der Waals surface area contributed by atoms with E-state index < -0.39 is 0 Å². The van der Waals surface area contributed by atoms with Crippen molar-refractivity contribution in [1.82, 2.24) is 15.4 Å². The number of unbranched alkanes of at least 4 members (excludes halogenated alkanes) is 3. The van der Waals surface area contributed by atoms with E-state index in [1.165, 1.54) is 0 Å². The van der Waals surface area contributed by atoms with Gasteiger partial charge in [0.25, 0.3) is 0 Å². The van der Waals surface area contributed by atoms with Crippen molar-refractivity contribution in [2.75, 3.05) is 13.1 Å². The van der Waals surface area contributed by atoms with E-state index in [1.807, 2.05) is 36.0 Å². The molecule has 1 heterocycles. The summed E-state index contributed by atoms with van der Waals surface area (Å²) in [6, 6.07) is 3.90. The van der Waals surface area contributed by atoms with Crippen LogP contribution in [0.3, 0.4) is 0 Å². The van der Waals surface area contributed by atoms with Gasteiger partial charge < -0.3 is 15.1 Å². The summed E-state index contributed by atoms with van der Waals surface area (Å²) in [4.78, 5) is 11.5. The van der Waals surface area contributed by atoms with Crippen LogP contribution in [0.15, 0.2) is 24.4 Å². The maximum Gasteiger partial charge on any atom is 0.244 e. The minimum atomic E-state index is -0.0572. The highest BCUT2D eigenvalue weighted by atomic mass is 16.5. The van der Waals surface area contributed by atoms with E-state index in [2.05, 4.69) is 10.8 Å². The molecule has 106 valence electrons. The van der Waals surface area contributed by atoms with E-state index in [0.29, 0.717) is 13.1 Å². The lowest BCUT2D eigenvalue weighted by Gasteiger charge is -2.02. The van der Waals surface area contributed by atoms with E-state index in [0.717, 1.165) is 31.4 Å². The van der Waals surface area contributed by atoms with Gasteiger partial charge in [0.1, 0.15) is 0 Å². The fourth-order valence-electron chi connectivity index (χ4n) is 1.76. The Labute approximate surface area is 114 Å². The van der Waals surface area contributed by atoms with Gasteiger partial charge in [-0.25, -0.2) is 5.48 Å². The molecule has 0 bridgehead atoms. The average molecular weight is 265 g/mol. The Kier molecular flexibility index (Phi) is 7.62. The molecule has 3 N–H and O–H groups in total. The summed E-state index contributed by atoms with van der Waals surface area (Å²) in [5.74, 6) is -0.0572. The molecular formula is C14H23N3O2. The maximum atomic E-state index is 11.5. The summed E-state index contributed by atoms with van der Waals surface area (Å²) in [5.41, 5.74) is 3.14. The molecule has 0 fully saturated rings. The number of hydroxylamine groups is 1. The topological polar surface area (TPSA) is 66.3 Å². The Bertz CT molecular complexity index is 399. The van der Waals surface area contributed by atoms with Crippen molar-refractivity contribution < 1.29 is 10.0 Å². The van der Waals surface area contributed by atoms with Gasteiger partial charge in [-0.15, -0.1) is 0 Å². The summed E-state index contributed by atoms with van der Waals surface area (Å²) in [6.07, 6.45) is 9.35. The van der Waals surface area contributed by atoms with Gasteiger partial charge in [-0.3, -0.25) is 4.79 Å². The molecule has 0 spiro atoms. The van der Waals surface area contributed by atoms with E-state index in [4.69, 9.17) is 5.21 Å². The first-order valence-electron chi connectivity index (χ1n) is 6.68. The van der Waals surface area contributed by atoms with Gasteiger partial charge in [0.05, 0.1) is 0 Å². The Balaban J connectivity index is 2.08. The molecule has 19 heavy (non-hydrogen) atoms. The fourth-order valence-corrected chi connectivity index (χ4v) is 1.76. The molecule has 5 nitrogen and oxygen atoms in total. The lowest BCUT2D eigenvalue weighted by Crippen LogP contribution is -2.22. The van der Waals surface area contributed by atoms with Crippen LogP contribution in [0.4, 0.5) is 0 Å². The highest BCUT2D eigenvalue weighted by molar-refractivity contribution is 5.91. The molecule has 5 heteroatoms. The number of carbonyl (C=O) groups is 1. The molecule has 0 aliphatic rings. The van der Waals surface area contributed by atoms with E-state index >= 15 is 0 Å². The Morgan fingerprint density at radius 1 is 1.32 bits per heavy atom. The molecule has 0 unspecified atom stereocenters. The third kappa shape index (κ3) is 6.79. The predicted molar refractivity (Wildman–Crippen MR) is 75.7 cm³/mol. The van der Waals surface area contributed by atoms with Crippen molar-refractivity contribution >= 4 is 12.0 Å². The molecule has 1 amide bonds. The largest absolute Gasteiger partial charge is 0.353 e. The molecule has 1 rings (SSSR count). The fraction of sp³-hybridized carbons (Fsp3) is 0.500. The van der Waals surface area contributed by atoms with E-state index in [1.54, 1.807) is 6.08 Å². The Morgan fingerprint density at radius 3 is 2.68 bits per heavy atom. The molecule has 1 aromatic heterocycles. The van der Waals surface area contributed by atoms with Crippen LogP contribution in [0.1, 0.15) is 31.4 Å². The van der Waals surface area contributed by atoms with Gasteiger partial charge in [0, 0.05) is 38.1 Å². The van der Waals surface area contributed by atoms with Gasteiger partial charge in [0.2, 0.25) is 5.91 Å². The van der Waals surface area contributed by atoms with Crippen LogP contribution in [0.5, 0.6) is 0 Å². The van der Waals surface area contributed by atoms with Gasteiger partial charge in [-0.05, 0) is 31.1 Å². The smallest absolute Gasteiger partial charge is 0.244 e. The van der Waals surface area contributed by atoms with E-state index in [9.17, 15) is 4.79 Å². The van der Waals surface area contributed by atoms with Crippen LogP contribution < -0.4 is 10.8 Å². The highest BCUT2D eigenvalue weighted by Crippen LogP contribution is 2.01. The summed E-state index contributed by atoms with van der Waals surface area (Å²) in [6.45, 7) is 1.33. The lowest BCUT2D eigenvalue weighted by atomic mass is 10.2. The van der Waals surface area contributed by atoms with Crippen molar-refractivity contribution in [1.29, 1.82) is 0 Å². The normalized spacial score (nSPS) is 11.1. The molecule has 0 aliphatic carbocycles. The van der Waals surface area contributed by atoms with Crippen molar-refractivity contribution in [2.45, 2.75) is 25.7 Å². The Morgan fingerprint density at radius 2 is 2.05 bits per heavy atom. The second-order valence-corrected chi connectivity index (χ2v) is 4.49. The molecule has 0 aromatic carbocycles. The first kappa shape index (κ1) is 15.5. The van der Waals surface area contributed by atoms with Crippen LogP contribution in [-0.4, -0.2) is 28.8 Å². The Hall–Kier alpha value is -1.59. The monoisotopic (exact) mass is 265 g/mol. The lowest BCUT2D eigenvalue weighted by molar-refractivity contribution is -0.116. The number of hydrogen-bond donors (Lipinski definition) is 3. The number of aromatic nitrogens is 1. The SMILES string of the molecule is Cn1cccc1C=CC(=O)NCCCCCCNO. The summed E-state index contributed by atoms with van der Waals surface area (Å²) >= 11 is 0. The molecular weight excluding hydrogens is 242 g/mol. The third-order valence-electron chi connectivity index (χ3n) is 2.90. The summed E-state index contributed by atoms with van der Waals surface area (Å²) in [7, 11) is 1.94. The number of carbonyl (C=O) groups excluding carboxylic acids is 1. The zero-order valence-electron chi connectivity index (χ0n) is 11.4. The zero-order chi connectivity index (χ0) is 13.9. The summed E-state index contributed by atoms with van der Waals surface area (Å²) in [5, 5.41) is 11.2.